The molecule has 156 valence electrons. The number of carbonyl (C=O) groups excluding carboxylic acids is 1. The lowest BCUT2D eigenvalue weighted by molar-refractivity contribution is 0.0434. The fraction of sp³-hybridized carbons (Fsp3) is 0.273. The van der Waals surface area contributed by atoms with E-state index in [0.29, 0.717) is 18.8 Å². The average molecular weight is 426 g/mol. The van der Waals surface area contributed by atoms with Crippen molar-refractivity contribution in [3.05, 3.63) is 72.2 Å². The number of hydrogen-bond acceptors (Lipinski definition) is 6. The van der Waals surface area contributed by atoms with Gasteiger partial charge in [0.15, 0.2) is 12.4 Å². The van der Waals surface area contributed by atoms with E-state index in [2.05, 4.69) is 4.98 Å². The van der Waals surface area contributed by atoms with Crippen molar-refractivity contribution in [3.8, 4) is 11.3 Å². The van der Waals surface area contributed by atoms with Gasteiger partial charge in [-0.2, -0.15) is 4.31 Å². The third kappa shape index (κ3) is 4.29. The van der Waals surface area contributed by atoms with E-state index in [1.807, 2.05) is 30.3 Å². The molecule has 0 radical (unpaired) electrons. The first-order valence-corrected chi connectivity index (χ1v) is 11.3. The molecule has 0 saturated carbocycles. The average Bonchev–Trinajstić information content (AvgIpc) is 3.28. The molecule has 1 fully saturated rings. The summed E-state index contributed by atoms with van der Waals surface area (Å²) in [7, 11) is -3.76. The zero-order valence-corrected chi connectivity index (χ0v) is 17.2. The molecule has 8 heteroatoms. The van der Waals surface area contributed by atoms with Crippen LogP contribution in [0.1, 0.15) is 35.5 Å². The molecule has 7 nitrogen and oxygen atoms in total. The summed E-state index contributed by atoms with van der Waals surface area (Å²) in [6.07, 6.45) is 4.21. The minimum Gasteiger partial charge on any atom is -0.452 e. The van der Waals surface area contributed by atoms with Crippen LogP contribution in [0, 0.1) is 0 Å². The molecule has 2 aromatic carbocycles. The van der Waals surface area contributed by atoms with Gasteiger partial charge in [0.2, 0.25) is 15.9 Å². The van der Waals surface area contributed by atoms with Gasteiger partial charge in [0.05, 0.1) is 16.7 Å². The molecule has 1 saturated heterocycles. The molecular weight excluding hydrogens is 404 g/mol. The van der Waals surface area contributed by atoms with Crippen molar-refractivity contribution in [2.24, 2.45) is 0 Å². The Morgan fingerprint density at radius 2 is 1.70 bits per heavy atom. The lowest BCUT2D eigenvalue weighted by Gasteiger charge is -2.26. The molecule has 1 aliphatic rings. The van der Waals surface area contributed by atoms with Crippen LogP contribution in [0.4, 0.5) is 0 Å². The Morgan fingerprint density at radius 1 is 1.00 bits per heavy atom. The lowest BCUT2D eigenvalue weighted by Crippen LogP contribution is -2.36. The molecule has 0 atom stereocenters. The Labute approximate surface area is 175 Å². The van der Waals surface area contributed by atoms with Gasteiger partial charge in [-0.3, -0.25) is 0 Å². The van der Waals surface area contributed by atoms with E-state index in [9.17, 15) is 13.2 Å². The van der Waals surface area contributed by atoms with Crippen molar-refractivity contribution >= 4 is 16.0 Å². The fourth-order valence-corrected chi connectivity index (χ4v) is 5.12. The van der Waals surface area contributed by atoms with E-state index >= 15 is 0 Å². The normalized spacial score (nSPS) is 15.1. The van der Waals surface area contributed by atoms with E-state index < -0.39 is 16.0 Å². The molecule has 0 bridgehead atoms. The van der Waals surface area contributed by atoms with Crippen LogP contribution in [0.15, 0.2) is 70.1 Å². The summed E-state index contributed by atoms with van der Waals surface area (Å²) in [5.74, 6) is 0.0685. The number of benzene rings is 2. The summed E-state index contributed by atoms with van der Waals surface area (Å²) in [6.45, 7) is 0.734. The van der Waals surface area contributed by atoms with Gasteiger partial charge >= 0.3 is 5.97 Å². The Bertz CT molecular complexity index is 1120. The number of oxazole rings is 1. The second-order valence-electron chi connectivity index (χ2n) is 7.02. The Kier molecular flexibility index (Phi) is 5.96. The summed E-state index contributed by atoms with van der Waals surface area (Å²) in [5, 5.41) is 0. The molecule has 4 rings (SSSR count). The minimum atomic E-state index is -3.76. The van der Waals surface area contributed by atoms with Crippen molar-refractivity contribution in [1.29, 1.82) is 0 Å². The van der Waals surface area contributed by atoms with Gasteiger partial charge in [-0.1, -0.05) is 48.9 Å². The van der Waals surface area contributed by atoms with Crippen LogP contribution in [-0.2, 0) is 21.4 Å². The maximum atomic E-state index is 13.0. The number of ether oxygens (including phenoxy) is 1. The van der Waals surface area contributed by atoms with Crippen LogP contribution in [0.3, 0.4) is 0 Å². The predicted octanol–water partition coefficient (Wildman–Crippen LogP) is 3.87. The monoisotopic (exact) mass is 426 g/mol. The molecule has 1 aromatic heterocycles. The summed E-state index contributed by atoms with van der Waals surface area (Å²) < 4.78 is 38.4. The van der Waals surface area contributed by atoms with Gasteiger partial charge in [0.1, 0.15) is 0 Å². The largest absolute Gasteiger partial charge is 0.452 e. The SMILES string of the molecule is O=C(OCc1ncc(-c2ccccc2)o1)c1ccccc1S(=O)(=O)N1CCCCC1. The summed E-state index contributed by atoms with van der Waals surface area (Å²) in [6, 6.07) is 15.6. The summed E-state index contributed by atoms with van der Waals surface area (Å²) >= 11 is 0. The third-order valence-electron chi connectivity index (χ3n) is 4.98. The number of esters is 1. The Hall–Kier alpha value is -2.97. The Balaban J connectivity index is 1.49. The van der Waals surface area contributed by atoms with E-state index in [0.717, 1.165) is 24.8 Å². The second-order valence-corrected chi connectivity index (χ2v) is 8.93. The van der Waals surface area contributed by atoms with E-state index in [-0.39, 0.29) is 23.0 Å². The number of hydrogen-bond donors (Lipinski definition) is 0. The topological polar surface area (TPSA) is 89.7 Å². The molecule has 2 heterocycles. The zero-order chi connectivity index (χ0) is 21.0. The quantitative estimate of drug-likeness (QED) is 0.556. The van der Waals surface area contributed by atoms with Crippen molar-refractivity contribution in [2.75, 3.05) is 13.1 Å². The second kappa shape index (κ2) is 8.81. The van der Waals surface area contributed by atoms with Crippen LogP contribution in [0.5, 0.6) is 0 Å². The molecular formula is C22H22N2O5S. The van der Waals surface area contributed by atoms with E-state index in [1.54, 1.807) is 18.3 Å². The number of aromatic nitrogens is 1. The number of piperidine rings is 1. The molecule has 0 amide bonds. The van der Waals surface area contributed by atoms with Crippen LogP contribution in [0.2, 0.25) is 0 Å². The van der Waals surface area contributed by atoms with Crippen LogP contribution < -0.4 is 0 Å². The Morgan fingerprint density at radius 3 is 2.47 bits per heavy atom. The first-order chi connectivity index (χ1) is 14.6. The van der Waals surface area contributed by atoms with Gasteiger partial charge in [-0.05, 0) is 25.0 Å². The maximum Gasteiger partial charge on any atom is 0.340 e. The van der Waals surface area contributed by atoms with Gasteiger partial charge in [0, 0.05) is 18.7 Å². The highest BCUT2D eigenvalue weighted by Gasteiger charge is 2.30. The van der Waals surface area contributed by atoms with Gasteiger partial charge in [-0.25, -0.2) is 18.2 Å². The first-order valence-electron chi connectivity index (χ1n) is 9.82. The molecule has 1 aliphatic heterocycles. The summed E-state index contributed by atoms with van der Waals surface area (Å²) in [4.78, 5) is 16.8. The number of nitrogens with zero attached hydrogens (tertiary/aromatic N) is 2. The van der Waals surface area contributed by atoms with Crippen LogP contribution >= 0.6 is 0 Å². The molecule has 0 spiro atoms. The number of carbonyl (C=O) groups is 1. The van der Waals surface area contributed by atoms with Crippen molar-refractivity contribution in [3.63, 3.8) is 0 Å². The predicted molar refractivity (Wildman–Crippen MR) is 110 cm³/mol. The van der Waals surface area contributed by atoms with Gasteiger partial charge < -0.3 is 9.15 Å². The summed E-state index contributed by atoms with van der Waals surface area (Å²) in [5.41, 5.74) is 0.874. The fourth-order valence-electron chi connectivity index (χ4n) is 3.42. The minimum absolute atomic E-state index is 0.0120. The lowest BCUT2D eigenvalue weighted by atomic mass is 10.2. The molecule has 0 unspecified atom stereocenters. The van der Waals surface area contributed by atoms with Gasteiger partial charge in [0.25, 0.3) is 0 Å². The van der Waals surface area contributed by atoms with Crippen LogP contribution in [-0.4, -0.2) is 36.8 Å². The molecule has 0 N–H and O–H groups in total. The van der Waals surface area contributed by atoms with Crippen LogP contribution in [0.25, 0.3) is 11.3 Å². The number of rotatable bonds is 6. The zero-order valence-electron chi connectivity index (χ0n) is 16.4. The van der Waals surface area contributed by atoms with Crippen molar-refractivity contribution in [2.45, 2.75) is 30.8 Å². The van der Waals surface area contributed by atoms with E-state index in [4.69, 9.17) is 9.15 Å². The van der Waals surface area contributed by atoms with Crippen molar-refractivity contribution < 1.29 is 22.4 Å². The van der Waals surface area contributed by atoms with Crippen molar-refractivity contribution in [1.82, 2.24) is 9.29 Å². The first kappa shape index (κ1) is 20.3. The number of sulfonamides is 1. The molecule has 30 heavy (non-hydrogen) atoms. The third-order valence-corrected chi connectivity index (χ3v) is 6.94. The highest BCUT2D eigenvalue weighted by Crippen LogP contribution is 2.25. The van der Waals surface area contributed by atoms with Gasteiger partial charge in [-0.15, -0.1) is 0 Å². The highest BCUT2D eigenvalue weighted by atomic mass is 32.2. The standard InChI is InChI=1S/C22H22N2O5S/c25-22(28-16-21-23-15-19(29-21)17-9-3-1-4-10-17)18-11-5-6-12-20(18)30(26,27)24-13-7-2-8-14-24/h1,3-6,9-12,15H,2,7-8,13-14,16H2. The maximum absolute atomic E-state index is 13.0. The van der Waals surface area contributed by atoms with E-state index in [1.165, 1.54) is 16.4 Å². The molecule has 3 aromatic rings. The molecule has 0 aliphatic carbocycles. The smallest absolute Gasteiger partial charge is 0.340 e. The highest BCUT2D eigenvalue weighted by molar-refractivity contribution is 7.89.